The fourth-order valence-electron chi connectivity index (χ4n) is 3.74. The van der Waals surface area contributed by atoms with Crippen molar-refractivity contribution in [3.8, 4) is 11.5 Å². The second-order valence-corrected chi connectivity index (χ2v) is 9.20. The molecule has 3 aromatic rings. The Morgan fingerprint density at radius 2 is 1.73 bits per heavy atom. The second-order valence-electron chi connectivity index (χ2n) is 8.36. The minimum absolute atomic E-state index is 0.198. The second kappa shape index (κ2) is 12.0. The number of amides is 3. The van der Waals surface area contributed by atoms with Crippen LogP contribution in [0.5, 0.6) is 11.5 Å². The summed E-state index contributed by atoms with van der Waals surface area (Å²) < 4.78 is 11.3. The Bertz CT molecular complexity index is 1300. The zero-order valence-electron chi connectivity index (χ0n) is 20.0. The van der Waals surface area contributed by atoms with Gasteiger partial charge < -0.3 is 20.1 Å². The molecule has 4 rings (SSSR count). The molecule has 0 saturated carbocycles. The Labute approximate surface area is 224 Å². The summed E-state index contributed by atoms with van der Waals surface area (Å²) in [5.74, 6) is 0.0184. The summed E-state index contributed by atoms with van der Waals surface area (Å²) in [7, 11) is 0. The van der Waals surface area contributed by atoms with Gasteiger partial charge in [-0.05, 0) is 61.9 Å². The van der Waals surface area contributed by atoms with Crippen molar-refractivity contribution in [3.05, 3.63) is 76.8 Å². The van der Waals surface area contributed by atoms with E-state index in [9.17, 15) is 14.4 Å². The number of benzene rings is 3. The highest BCUT2D eigenvalue weighted by molar-refractivity contribution is 6.35. The van der Waals surface area contributed by atoms with Crippen molar-refractivity contribution in [1.29, 1.82) is 0 Å². The maximum atomic E-state index is 12.8. The van der Waals surface area contributed by atoms with Crippen molar-refractivity contribution in [1.82, 2.24) is 0 Å². The van der Waals surface area contributed by atoms with Gasteiger partial charge in [-0.3, -0.25) is 19.3 Å². The van der Waals surface area contributed by atoms with Crippen LogP contribution in [0.3, 0.4) is 0 Å². The SMILES string of the molecule is CC1Oc2ccc(NC(=O)CCCOc3ccc(Cl)cc3Cl)cc2N(CC(=O)Nc2ccccc2)C1=O. The van der Waals surface area contributed by atoms with E-state index in [0.717, 1.165) is 0 Å². The molecule has 0 spiro atoms. The first kappa shape index (κ1) is 26.3. The molecule has 1 aliphatic rings. The highest BCUT2D eigenvalue weighted by Gasteiger charge is 2.33. The number of hydrogen-bond acceptors (Lipinski definition) is 5. The molecular weight excluding hydrogens is 517 g/mol. The molecule has 192 valence electrons. The third kappa shape index (κ3) is 6.93. The molecule has 1 aliphatic heterocycles. The summed E-state index contributed by atoms with van der Waals surface area (Å²) in [5, 5.41) is 6.51. The van der Waals surface area contributed by atoms with Gasteiger partial charge in [0.1, 0.15) is 18.0 Å². The zero-order chi connectivity index (χ0) is 26.4. The highest BCUT2D eigenvalue weighted by atomic mass is 35.5. The van der Waals surface area contributed by atoms with Gasteiger partial charge in [-0.15, -0.1) is 0 Å². The van der Waals surface area contributed by atoms with Crippen LogP contribution in [-0.4, -0.2) is 37.0 Å². The standard InChI is InChI=1S/C27H25Cl2N3O5/c1-17-27(35)32(16-26(34)30-19-6-3-2-4-7-19)22-15-20(10-12-24(22)37-17)31-25(33)8-5-13-36-23-11-9-18(28)14-21(23)29/h2-4,6-7,9-12,14-15,17H,5,8,13,16H2,1H3,(H,30,34)(H,31,33). The zero-order valence-corrected chi connectivity index (χ0v) is 21.5. The predicted molar refractivity (Wildman–Crippen MR) is 144 cm³/mol. The molecule has 0 bridgehead atoms. The normalized spacial score (nSPS) is 14.4. The number of nitrogens with one attached hydrogen (secondary N) is 2. The lowest BCUT2D eigenvalue weighted by Gasteiger charge is -2.33. The van der Waals surface area contributed by atoms with E-state index in [1.54, 1.807) is 67.6 Å². The average molecular weight is 542 g/mol. The Kier molecular flexibility index (Phi) is 8.53. The number of anilines is 3. The number of carbonyl (C=O) groups is 3. The number of nitrogens with zero attached hydrogens (tertiary/aromatic N) is 1. The van der Waals surface area contributed by atoms with Crippen molar-refractivity contribution >= 4 is 58.0 Å². The van der Waals surface area contributed by atoms with Crippen LogP contribution in [0.1, 0.15) is 19.8 Å². The maximum absolute atomic E-state index is 12.8. The van der Waals surface area contributed by atoms with Gasteiger partial charge in [0, 0.05) is 22.8 Å². The third-order valence-corrected chi connectivity index (χ3v) is 6.04. The first-order valence-electron chi connectivity index (χ1n) is 11.6. The topological polar surface area (TPSA) is 97.0 Å². The molecule has 3 aromatic carbocycles. The monoisotopic (exact) mass is 541 g/mol. The summed E-state index contributed by atoms with van der Waals surface area (Å²) in [6.07, 6.45) is -0.0786. The molecule has 0 aromatic heterocycles. The molecule has 8 nitrogen and oxygen atoms in total. The quantitative estimate of drug-likeness (QED) is 0.346. The summed E-state index contributed by atoms with van der Waals surface area (Å²) in [6, 6.07) is 18.9. The van der Waals surface area contributed by atoms with Crippen LogP contribution in [0.4, 0.5) is 17.1 Å². The highest BCUT2D eigenvalue weighted by Crippen LogP contribution is 2.36. The van der Waals surface area contributed by atoms with E-state index in [-0.39, 0.29) is 30.7 Å². The fraction of sp³-hybridized carbons (Fsp3) is 0.222. The maximum Gasteiger partial charge on any atom is 0.268 e. The van der Waals surface area contributed by atoms with Crippen molar-refractivity contribution in [2.45, 2.75) is 25.9 Å². The van der Waals surface area contributed by atoms with Crippen molar-refractivity contribution in [2.75, 3.05) is 28.7 Å². The minimum Gasteiger partial charge on any atom is -0.492 e. The summed E-state index contributed by atoms with van der Waals surface area (Å²) in [4.78, 5) is 39.4. The van der Waals surface area contributed by atoms with Gasteiger partial charge in [0.15, 0.2) is 6.10 Å². The van der Waals surface area contributed by atoms with Crippen LogP contribution >= 0.6 is 23.2 Å². The number of para-hydroxylation sites is 1. The molecule has 3 amide bonds. The molecule has 1 atom stereocenters. The molecule has 1 unspecified atom stereocenters. The summed E-state index contributed by atoms with van der Waals surface area (Å²) >= 11 is 12.0. The smallest absolute Gasteiger partial charge is 0.268 e. The van der Waals surface area contributed by atoms with E-state index in [0.29, 0.717) is 51.6 Å². The number of fused-ring (bicyclic) bond motifs is 1. The molecule has 0 fully saturated rings. The molecule has 0 aliphatic carbocycles. The van der Waals surface area contributed by atoms with Gasteiger partial charge in [0.25, 0.3) is 5.91 Å². The molecule has 0 radical (unpaired) electrons. The lowest BCUT2D eigenvalue weighted by atomic mass is 10.1. The number of halogens is 2. The minimum atomic E-state index is -0.744. The molecule has 10 heteroatoms. The number of ether oxygens (including phenoxy) is 2. The number of carbonyl (C=O) groups excluding carboxylic acids is 3. The van der Waals surface area contributed by atoms with Gasteiger partial charge in [0.05, 0.1) is 17.3 Å². The van der Waals surface area contributed by atoms with Crippen molar-refractivity contribution in [2.24, 2.45) is 0 Å². The number of rotatable bonds is 9. The van der Waals surface area contributed by atoms with Gasteiger partial charge in [-0.25, -0.2) is 0 Å². The van der Waals surface area contributed by atoms with Gasteiger partial charge in [0.2, 0.25) is 11.8 Å². The van der Waals surface area contributed by atoms with Gasteiger partial charge >= 0.3 is 0 Å². The molecular formula is C27H25Cl2N3O5. The van der Waals surface area contributed by atoms with Crippen LogP contribution in [0.25, 0.3) is 0 Å². The molecule has 0 saturated heterocycles. The van der Waals surface area contributed by atoms with Crippen LogP contribution < -0.4 is 25.0 Å². The lowest BCUT2D eigenvalue weighted by molar-refractivity contribution is -0.127. The number of hydrogen-bond donors (Lipinski definition) is 2. The van der Waals surface area contributed by atoms with Crippen molar-refractivity contribution < 1.29 is 23.9 Å². The van der Waals surface area contributed by atoms with Crippen LogP contribution in [-0.2, 0) is 14.4 Å². The van der Waals surface area contributed by atoms with Gasteiger partial charge in [-0.1, -0.05) is 41.4 Å². The molecule has 37 heavy (non-hydrogen) atoms. The van der Waals surface area contributed by atoms with E-state index in [2.05, 4.69) is 10.6 Å². The van der Waals surface area contributed by atoms with E-state index in [1.165, 1.54) is 4.90 Å². The van der Waals surface area contributed by atoms with Crippen molar-refractivity contribution in [3.63, 3.8) is 0 Å². The largest absolute Gasteiger partial charge is 0.492 e. The summed E-state index contributed by atoms with van der Waals surface area (Å²) in [5.41, 5.74) is 1.51. The van der Waals surface area contributed by atoms with Gasteiger partial charge in [-0.2, -0.15) is 0 Å². The lowest BCUT2D eigenvalue weighted by Crippen LogP contribution is -2.47. The van der Waals surface area contributed by atoms with E-state index in [4.69, 9.17) is 32.7 Å². The third-order valence-electron chi connectivity index (χ3n) is 5.51. The molecule has 1 heterocycles. The average Bonchev–Trinajstić information content (AvgIpc) is 2.86. The Morgan fingerprint density at radius 3 is 2.49 bits per heavy atom. The van der Waals surface area contributed by atoms with E-state index in [1.807, 2.05) is 6.07 Å². The van der Waals surface area contributed by atoms with Crippen LogP contribution in [0.2, 0.25) is 10.0 Å². The first-order valence-corrected chi connectivity index (χ1v) is 12.4. The van der Waals surface area contributed by atoms with E-state index < -0.39 is 6.10 Å². The van der Waals surface area contributed by atoms with Crippen LogP contribution in [0, 0.1) is 0 Å². The first-order chi connectivity index (χ1) is 17.8. The predicted octanol–water partition coefficient (Wildman–Crippen LogP) is 5.54. The van der Waals surface area contributed by atoms with E-state index >= 15 is 0 Å². The Hall–Kier alpha value is -3.75. The fourth-order valence-corrected chi connectivity index (χ4v) is 4.21. The molecule has 2 N–H and O–H groups in total. The summed E-state index contributed by atoms with van der Waals surface area (Å²) in [6.45, 7) is 1.72. The Balaban J connectivity index is 1.36. The Morgan fingerprint density at radius 1 is 0.973 bits per heavy atom. The van der Waals surface area contributed by atoms with Crippen LogP contribution in [0.15, 0.2) is 66.7 Å².